The molecule has 0 aromatic rings. The Morgan fingerprint density at radius 2 is 1.78 bits per heavy atom. The fourth-order valence-corrected chi connectivity index (χ4v) is 2.70. The summed E-state index contributed by atoms with van der Waals surface area (Å²) in [5, 5.41) is 11.9. The third kappa shape index (κ3) is 6.27. The van der Waals surface area contributed by atoms with Gasteiger partial charge in [-0.15, -0.1) is 0 Å². The molecular weight excluding hydrogens is 226 g/mol. The molecule has 1 atom stereocenters. The molecule has 0 bridgehead atoms. The Morgan fingerprint density at radius 3 is 2.17 bits per heavy atom. The molecule has 1 amide bonds. The number of carbonyl (C=O) groups is 1. The Balaban J connectivity index is 4.67. The van der Waals surface area contributed by atoms with Crippen molar-refractivity contribution in [2.24, 2.45) is 5.92 Å². The van der Waals surface area contributed by atoms with Gasteiger partial charge in [0.05, 0.1) is 0 Å². The van der Waals surface area contributed by atoms with Crippen LogP contribution in [0.2, 0.25) is 0 Å². The number of carboxylic acid groups (broad SMARTS) is 1. The molecule has 0 aliphatic heterocycles. The highest BCUT2D eigenvalue weighted by atomic mass is 16.4. The highest BCUT2D eigenvalue weighted by Gasteiger charge is 2.31. The monoisotopic (exact) mass is 257 g/mol. The van der Waals surface area contributed by atoms with Gasteiger partial charge in [-0.25, -0.2) is 4.79 Å². The molecule has 1 unspecified atom stereocenters. The van der Waals surface area contributed by atoms with E-state index in [1.807, 2.05) is 0 Å². The van der Waals surface area contributed by atoms with Crippen molar-refractivity contribution in [3.63, 3.8) is 0 Å². The number of unbranched alkanes of at least 4 members (excludes halogenated alkanes) is 2. The summed E-state index contributed by atoms with van der Waals surface area (Å²) in [4.78, 5) is 11.1. The van der Waals surface area contributed by atoms with Gasteiger partial charge in [0.15, 0.2) is 0 Å². The average molecular weight is 257 g/mol. The van der Waals surface area contributed by atoms with Crippen molar-refractivity contribution in [1.82, 2.24) is 5.32 Å². The van der Waals surface area contributed by atoms with Crippen molar-refractivity contribution in [3.8, 4) is 0 Å². The third-order valence-corrected chi connectivity index (χ3v) is 4.14. The van der Waals surface area contributed by atoms with Gasteiger partial charge in [-0.05, 0) is 25.2 Å². The molecule has 0 heterocycles. The van der Waals surface area contributed by atoms with E-state index in [1.54, 1.807) is 0 Å². The van der Waals surface area contributed by atoms with Crippen LogP contribution in [-0.4, -0.2) is 16.7 Å². The zero-order valence-corrected chi connectivity index (χ0v) is 12.6. The second-order valence-electron chi connectivity index (χ2n) is 5.41. The number of amides is 1. The maximum Gasteiger partial charge on any atom is 0.405 e. The molecule has 0 aliphatic rings. The van der Waals surface area contributed by atoms with Crippen LogP contribution in [-0.2, 0) is 0 Å². The van der Waals surface area contributed by atoms with E-state index in [9.17, 15) is 4.79 Å². The molecule has 0 spiro atoms. The van der Waals surface area contributed by atoms with Crippen LogP contribution in [0.15, 0.2) is 0 Å². The van der Waals surface area contributed by atoms with Gasteiger partial charge in [-0.3, -0.25) is 0 Å². The van der Waals surface area contributed by atoms with Crippen LogP contribution in [0.5, 0.6) is 0 Å². The molecule has 0 fully saturated rings. The summed E-state index contributed by atoms with van der Waals surface area (Å²) in [6.45, 7) is 8.67. The zero-order valence-electron chi connectivity index (χ0n) is 12.6. The van der Waals surface area contributed by atoms with Crippen molar-refractivity contribution in [2.45, 2.75) is 84.6 Å². The first-order valence-corrected chi connectivity index (χ1v) is 7.54. The largest absolute Gasteiger partial charge is 0.465 e. The number of hydrogen-bond acceptors (Lipinski definition) is 1. The van der Waals surface area contributed by atoms with Crippen LogP contribution >= 0.6 is 0 Å². The first-order chi connectivity index (χ1) is 8.53. The Kier molecular flexibility index (Phi) is 8.86. The van der Waals surface area contributed by atoms with Gasteiger partial charge in [-0.2, -0.15) is 0 Å². The summed E-state index contributed by atoms with van der Waals surface area (Å²) >= 11 is 0. The average Bonchev–Trinajstić information content (AvgIpc) is 2.35. The van der Waals surface area contributed by atoms with Gasteiger partial charge in [0, 0.05) is 5.54 Å². The smallest absolute Gasteiger partial charge is 0.405 e. The van der Waals surface area contributed by atoms with E-state index in [-0.39, 0.29) is 5.54 Å². The topological polar surface area (TPSA) is 49.3 Å². The van der Waals surface area contributed by atoms with Gasteiger partial charge in [-0.1, -0.05) is 59.8 Å². The van der Waals surface area contributed by atoms with Crippen LogP contribution in [0.1, 0.15) is 79.1 Å². The summed E-state index contributed by atoms with van der Waals surface area (Å²) < 4.78 is 0. The van der Waals surface area contributed by atoms with Crippen molar-refractivity contribution >= 4 is 6.09 Å². The second kappa shape index (κ2) is 9.23. The van der Waals surface area contributed by atoms with Crippen LogP contribution in [0.25, 0.3) is 0 Å². The Bertz CT molecular complexity index is 227. The van der Waals surface area contributed by atoms with E-state index >= 15 is 0 Å². The lowest BCUT2D eigenvalue weighted by Crippen LogP contribution is -2.48. The standard InChI is InChI=1S/C15H31NO2/c1-5-9-10-11-15(8-4,16-14(17)18)12-13(6-2)7-3/h13,16H,5-12H2,1-4H3,(H,17,18). The predicted octanol–water partition coefficient (Wildman–Crippen LogP) is 4.81. The fraction of sp³-hybridized carbons (Fsp3) is 0.933. The lowest BCUT2D eigenvalue weighted by Gasteiger charge is -2.36. The zero-order chi connectivity index (χ0) is 14.0. The van der Waals surface area contributed by atoms with Crippen molar-refractivity contribution in [3.05, 3.63) is 0 Å². The normalized spacial score (nSPS) is 14.5. The molecular formula is C15H31NO2. The summed E-state index contributed by atoms with van der Waals surface area (Å²) in [5.74, 6) is 0.624. The van der Waals surface area contributed by atoms with Gasteiger partial charge in [0.2, 0.25) is 0 Å². The van der Waals surface area contributed by atoms with Gasteiger partial charge < -0.3 is 10.4 Å². The van der Waals surface area contributed by atoms with Crippen molar-refractivity contribution in [1.29, 1.82) is 0 Å². The number of hydrogen-bond donors (Lipinski definition) is 2. The quantitative estimate of drug-likeness (QED) is 0.552. The van der Waals surface area contributed by atoms with E-state index < -0.39 is 6.09 Å². The second-order valence-corrected chi connectivity index (χ2v) is 5.41. The minimum Gasteiger partial charge on any atom is -0.465 e. The van der Waals surface area contributed by atoms with Crippen LogP contribution in [0.4, 0.5) is 4.79 Å². The summed E-state index contributed by atoms with van der Waals surface area (Å²) in [5.41, 5.74) is -0.211. The van der Waals surface area contributed by atoms with Crippen molar-refractivity contribution < 1.29 is 9.90 Å². The van der Waals surface area contributed by atoms with Crippen LogP contribution in [0.3, 0.4) is 0 Å². The molecule has 0 aromatic carbocycles. The van der Waals surface area contributed by atoms with E-state index in [0.29, 0.717) is 5.92 Å². The highest BCUT2D eigenvalue weighted by molar-refractivity contribution is 5.65. The number of rotatable bonds is 10. The third-order valence-electron chi connectivity index (χ3n) is 4.14. The predicted molar refractivity (Wildman–Crippen MR) is 77.0 cm³/mol. The lowest BCUT2D eigenvalue weighted by atomic mass is 9.79. The van der Waals surface area contributed by atoms with E-state index in [4.69, 9.17) is 5.11 Å². The first-order valence-electron chi connectivity index (χ1n) is 7.54. The molecule has 0 rings (SSSR count). The molecule has 0 aliphatic carbocycles. The molecule has 108 valence electrons. The van der Waals surface area contributed by atoms with Crippen LogP contribution < -0.4 is 5.32 Å². The number of nitrogens with one attached hydrogen (secondary N) is 1. The fourth-order valence-electron chi connectivity index (χ4n) is 2.70. The Hall–Kier alpha value is -0.730. The molecule has 3 nitrogen and oxygen atoms in total. The summed E-state index contributed by atoms with van der Waals surface area (Å²) in [6, 6.07) is 0. The maximum atomic E-state index is 11.1. The summed E-state index contributed by atoms with van der Waals surface area (Å²) in [6.07, 6.45) is 7.71. The molecule has 0 radical (unpaired) electrons. The minimum atomic E-state index is -0.876. The minimum absolute atomic E-state index is 0.211. The SMILES string of the molecule is CCCCCC(CC)(CC(CC)CC)NC(=O)O. The van der Waals surface area contributed by atoms with E-state index in [0.717, 1.165) is 38.5 Å². The molecule has 0 aromatic heterocycles. The van der Waals surface area contributed by atoms with Crippen molar-refractivity contribution in [2.75, 3.05) is 0 Å². The molecule has 0 saturated heterocycles. The molecule has 0 saturated carbocycles. The van der Waals surface area contributed by atoms with E-state index in [2.05, 4.69) is 33.0 Å². The molecule has 2 N–H and O–H groups in total. The molecule has 3 heteroatoms. The van der Waals surface area contributed by atoms with Gasteiger partial charge in [0.25, 0.3) is 0 Å². The molecule has 18 heavy (non-hydrogen) atoms. The summed E-state index contributed by atoms with van der Waals surface area (Å²) in [7, 11) is 0. The van der Waals surface area contributed by atoms with Gasteiger partial charge >= 0.3 is 6.09 Å². The first kappa shape index (κ1) is 17.3. The Labute approximate surface area is 112 Å². The maximum absolute atomic E-state index is 11.1. The van der Waals surface area contributed by atoms with Crippen LogP contribution in [0, 0.1) is 5.92 Å². The lowest BCUT2D eigenvalue weighted by molar-refractivity contribution is 0.158. The van der Waals surface area contributed by atoms with E-state index in [1.165, 1.54) is 12.8 Å². The van der Waals surface area contributed by atoms with Gasteiger partial charge in [0.1, 0.15) is 0 Å². The highest BCUT2D eigenvalue weighted by Crippen LogP contribution is 2.30. The Morgan fingerprint density at radius 1 is 1.17 bits per heavy atom.